The lowest BCUT2D eigenvalue weighted by Gasteiger charge is -2.18. The van der Waals surface area contributed by atoms with Gasteiger partial charge in [0.25, 0.3) is 0 Å². The Balaban J connectivity index is 4.23. The van der Waals surface area contributed by atoms with Crippen LogP contribution >= 0.6 is 0 Å². The van der Waals surface area contributed by atoms with Gasteiger partial charge in [0.1, 0.15) is 13.2 Å². The molecule has 0 bridgehead atoms. The molecule has 0 saturated heterocycles. The minimum absolute atomic E-state index is 0.0922. The van der Waals surface area contributed by atoms with Gasteiger partial charge in [-0.05, 0) is 109 Å². The lowest BCUT2D eigenvalue weighted by Crippen LogP contribution is -2.30. The molecule has 0 radical (unpaired) electrons. The largest absolute Gasteiger partial charge is 0.462 e. The van der Waals surface area contributed by atoms with E-state index in [9.17, 15) is 14.4 Å². The first-order chi connectivity index (χ1) is 35.0. The Bertz CT molecular complexity index is 1370. The van der Waals surface area contributed by atoms with Crippen molar-refractivity contribution in [2.75, 3.05) is 13.2 Å². The second-order valence-corrected chi connectivity index (χ2v) is 19.9. The smallest absolute Gasteiger partial charge is 0.306 e. The summed E-state index contributed by atoms with van der Waals surface area (Å²) in [6.45, 7) is 6.43. The van der Waals surface area contributed by atoms with E-state index in [1.807, 2.05) is 0 Å². The molecule has 0 saturated carbocycles. The first-order valence-electron chi connectivity index (χ1n) is 30.1. The van der Waals surface area contributed by atoms with Crippen molar-refractivity contribution in [1.82, 2.24) is 0 Å². The first-order valence-corrected chi connectivity index (χ1v) is 30.1. The molecule has 1 atom stereocenters. The van der Waals surface area contributed by atoms with Crippen molar-refractivity contribution < 1.29 is 28.6 Å². The zero-order chi connectivity index (χ0) is 51.4. The topological polar surface area (TPSA) is 78.9 Å². The van der Waals surface area contributed by atoms with Crippen molar-refractivity contribution in [1.29, 1.82) is 0 Å². The van der Waals surface area contributed by atoms with Gasteiger partial charge < -0.3 is 14.2 Å². The molecular formula is C65H112O6. The molecule has 0 heterocycles. The molecule has 6 heteroatoms. The van der Waals surface area contributed by atoms with E-state index >= 15 is 0 Å². The summed E-state index contributed by atoms with van der Waals surface area (Å²) in [5, 5.41) is 0. The van der Waals surface area contributed by atoms with Crippen molar-refractivity contribution in [3.63, 3.8) is 0 Å². The van der Waals surface area contributed by atoms with Crippen LogP contribution in [0, 0.1) is 0 Å². The van der Waals surface area contributed by atoms with E-state index in [2.05, 4.69) is 106 Å². The standard InChI is InChI=1S/C65H112O6/c1-4-7-10-13-16-19-22-25-26-27-28-29-30-31-32-33-34-35-36-37-38-41-43-46-49-52-55-58-64(67)70-61-62(71-65(68)59-56-53-50-47-44-40-24-21-18-15-12-9-6-3)60-69-63(66)57-54-51-48-45-42-39-23-20-17-14-11-8-5-2/h9,11-12,14,18,20-23,25,27-28,40,44,62H,4-8,10,13,15-17,19,24,26,29-39,41-43,45-61H2,1-3H3/b12-9-,14-11-,21-18-,23-20-,25-22-,28-27-,44-40-. The molecule has 0 fully saturated rings. The van der Waals surface area contributed by atoms with Crippen LogP contribution in [0.15, 0.2) is 85.1 Å². The van der Waals surface area contributed by atoms with Gasteiger partial charge in [0, 0.05) is 19.3 Å². The summed E-state index contributed by atoms with van der Waals surface area (Å²) in [5.74, 6) is -0.931. The molecule has 0 aliphatic carbocycles. The summed E-state index contributed by atoms with van der Waals surface area (Å²) in [6.07, 6.45) is 77.4. The molecular weight excluding hydrogens is 877 g/mol. The Kier molecular flexibility index (Phi) is 56.3. The molecule has 0 amide bonds. The van der Waals surface area contributed by atoms with E-state index in [1.165, 1.54) is 128 Å². The average Bonchev–Trinajstić information content (AvgIpc) is 3.37. The molecule has 0 aliphatic rings. The van der Waals surface area contributed by atoms with Gasteiger partial charge in [0.2, 0.25) is 0 Å². The number of allylic oxidation sites excluding steroid dienone is 14. The number of rotatable bonds is 54. The number of esters is 3. The minimum atomic E-state index is -0.797. The van der Waals surface area contributed by atoms with Crippen molar-refractivity contribution in [2.24, 2.45) is 0 Å². The van der Waals surface area contributed by atoms with Gasteiger partial charge in [-0.15, -0.1) is 0 Å². The van der Waals surface area contributed by atoms with Crippen LogP contribution < -0.4 is 0 Å². The lowest BCUT2D eigenvalue weighted by atomic mass is 10.0. The lowest BCUT2D eigenvalue weighted by molar-refractivity contribution is -0.167. The van der Waals surface area contributed by atoms with Gasteiger partial charge >= 0.3 is 17.9 Å². The van der Waals surface area contributed by atoms with Crippen LogP contribution in [0.3, 0.4) is 0 Å². The van der Waals surface area contributed by atoms with Crippen molar-refractivity contribution in [2.45, 2.75) is 297 Å². The van der Waals surface area contributed by atoms with E-state index in [1.54, 1.807) is 0 Å². The third kappa shape index (κ3) is 57.4. The number of carbonyl (C=O) groups excluding carboxylic acids is 3. The summed E-state index contributed by atoms with van der Waals surface area (Å²) in [5.41, 5.74) is 0. The van der Waals surface area contributed by atoms with Gasteiger partial charge in [-0.3, -0.25) is 14.4 Å². The van der Waals surface area contributed by atoms with Gasteiger partial charge in [-0.25, -0.2) is 0 Å². The quantitative estimate of drug-likeness (QED) is 0.0261. The highest BCUT2D eigenvalue weighted by atomic mass is 16.6. The Labute approximate surface area is 439 Å². The zero-order valence-electron chi connectivity index (χ0n) is 46.7. The Morgan fingerprint density at radius 3 is 0.930 bits per heavy atom. The van der Waals surface area contributed by atoms with E-state index in [4.69, 9.17) is 14.2 Å². The van der Waals surface area contributed by atoms with Crippen LogP contribution in [0.25, 0.3) is 0 Å². The Morgan fingerprint density at radius 1 is 0.296 bits per heavy atom. The normalized spacial score (nSPS) is 12.7. The number of hydrogen-bond donors (Lipinski definition) is 0. The summed E-state index contributed by atoms with van der Waals surface area (Å²) in [7, 11) is 0. The van der Waals surface area contributed by atoms with E-state index in [-0.39, 0.29) is 31.1 Å². The van der Waals surface area contributed by atoms with E-state index in [0.29, 0.717) is 19.3 Å². The second kappa shape index (κ2) is 59.2. The third-order valence-corrected chi connectivity index (χ3v) is 12.8. The fraction of sp³-hybridized carbons (Fsp3) is 0.738. The summed E-state index contributed by atoms with van der Waals surface area (Å²) in [4.78, 5) is 38.1. The average molecular weight is 990 g/mol. The highest BCUT2D eigenvalue weighted by Crippen LogP contribution is 2.16. The van der Waals surface area contributed by atoms with Gasteiger partial charge in [0.15, 0.2) is 6.10 Å². The number of hydrogen-bond acceptors (Lipinski definition) is 6. The molecule has 0 aromatic heterocycles. The predicted octanol–water partition coefficient (Wildman–Crippen LogP) is 20.3. The van der Waals surface area contributed by atoms with Crippen molar-refractivity contribution in [3.05, 3.63) is 85.1 Å². The Hall–Kier alpha value is -3.41. The fourth-order valence-electron chi connectivity index (χ4n) is 8.35. The van der Waals surface area contributed by atoms with Gasteiger partial charge in [-0.1, -0.05) is 247 Å². The highest BCUT2D eigenvalue weighted by molar-refractivity contribution is 5.71. The summed E-state index contributed by atoms with van der Waals surface area (Å²) < 4.78 is 16.8. The second-order valence-electron chi connectivity index (χ2n) is 19.9. The van der Waals surface area contributed by atoms with Crippen LogP contribution in [-0.2, 0) is 28.6 Å². The molecule has 0 spiro atoms. The van der Waals surface area contributed by atoms with Gasteiger partial charge in [0.05, 0.1) is 0 Å². The van der Waals surface area contributed by atoms with E-state index < -0.39 is 6.10 Å². The molecule has 0 rings (SSSR count). The highest BCUT2D eigenvalue weighted by Gasteiger charge is 2.19. The third-order valence-electron chi connectivity index (χ3n) is 12.8. The summed E-state index contributed by atoms with van der Waals surface area (Å²) >= 11 is 0. The molecule has 0 aromatic rings. The fourth-order valence-corrected chi connectivity index (χ4v) is 8.35. The maximum absolute atomic E-state index is 12.8. The van der Waals surface area contributed by atoms with Crippen LogP contribution in [0.5, 0.6) is 0 Å². The number of unbranched alkanes of at least 4 members (excludes halogenated alkanes) is 29. The van der Waals surface area contributed by atoms with E-state index in [0.717, 1.165) is 122 Å². The maximum Gasteiger partial charge on any atom is 0.306 e. The van der Waals surface area contributed by atoms with Crippen LogP contribution in [-0.4, -0.2) is 37.2 Å². The van der Waals surface area contributed by atoms with Crippen molar-refractivity contribution >= 4 is 17.9 Å². The monoisotopic (exact) mass is 989 g/mol. The van der Waals surface area contributed by atoms with Gasteiger partial charge in [-0.2, -0.15) is 0 Å². The predicted molar refractivity (Wildman–Crippen MR) is 307 cm³/mol. The number of ether oxygens (including phenoxy) is 3. The molecule has 408 valence electrons. The molecule has 1 unspecified atom stereocenters. The zero-order valence-corrected chi connectivity index (χ0v) is 46.7. The van der Waals surface area contributed by atoms with Crippen molar-refractivity contribution in [3.8, 4) is 0 Å². The van der Waals surface area contributed by atoms with Crippen LogP contribution in [0.4, 0.5) is 0 Å². The minimum Gasteiger partial charge on any atom is -0.462 e. The molecule has 71 heavy (non-hydrogen) atoms. The number of carbonyl (C=O) groups is 3. The molecule has 0 N–H and O–H groups in total. The first kappa shape index (κ1) is 67.6. The maximum atomic E-state index is 12.8. The Morgan fingerprint density at radius 2 is 0.577 bits per heavy atom. The summed E-state index contributed by atoms with van der Waals surface area (Å²) in [6, 6.07) is 0. The van der Waals surface area contributed by atoms with Crippen LogP contribution in [0.1, 0.15) is 290 Å². The SMILES string of the molecule is CC/C=C\C/C=C\C/C=C\CCCCCC(=O)OC(COC(=O)CCCCCCC/C=C\C/C=C\CCC)COC(=O)CCCCCCCCCCCCCCCCC/C=C\C/C=C\CCCCCCC. The van der Waals surface area contributed by atoms with Crippen LogP contribution in [0.2, 0.25) is 0 Å². The molecule has 0 aromatic carbocycles. The molecule has 6 nitrogen and oxygen atoms in total. The molecule has 0 aliphatic heterocycles.